The minimum absolute atomic E-state index is 0.328. The highest BCUT2D eigenvalue weighted by molar-refractivity contribution is 9.11. The van der Waals surface area contributed by atoms with E-state index in [1.54, 1.807) is 0 Å². The molecule has 3 aromatic rings. The predicted octanol–water partition coefficient (Wildman–Crippen LogP) is 5.94. The minimum Gasteiger partial charge on any atom is -0.294 e. The van der Waals surface area contributed by atoms with Crippen molar-refractivity contribution in [1.29, 1.82) is 0 Å². The van der Waals surface area contributed by atoms with E-state index in [1.807, 2.05) is 41.0 Å². The molecular weight excluding hydrogens is 427 g/mol. The van der Waals surface area contributed by atoms with E-state index in [-0.39, 0.29) is 0 Å². The molecule has 0 fully saturated rings. The van der Waals surface area contributed by atoms with Gasteiger partial charge in [0.25, 0.3) is 0 Å². The van der Waals surface area contributed by atoms with Crippen molar-refractivity contribution in [2.45, 2.75) is 5.88 Å². The molecule has 0 saturated heterocycles. The molecule has 0 aliphatic rings. The summed E-state index contributed by atoms with van der Waals surface area (Å²) < 4.78 is 3.98. The molecule has 0 aliphatic carbocycles. The molecule has 0 N–H and O–H groups in total. The second-order valence-corrected chi connectivity index (χ2v) is 6.70. The Labute approximate surface area is 143 Å². The van der Waals surface area contributed by atoms with Gasteiger partial charge < -0.3 is 0 Å². The van der Waals surface area contributed by atoms with E-state index in [1.165, 1.54) is 0 Å². The van der Waals surface area contributed by atoms with Crippen molar-refractivity contribution in [2.75, 3.05) is 0 Å². The third-order valence-corrected chi connectivity index (χ3v) is 4.56. The van der Waals surface area contributed by atoms with Gasteiger partial charge >= 0.3 is 0 Å². The third-order valence-electron chi connectivity index (χ3n) is 2.96. The van der Waals surface area contributed by atoms with Gasteiger partial charge in [0.05, 0.1) is 22.6 Å². The standard InChI is InChI=1S/C14H8Br2Cl2N2/c15-8-1-4-12(10(16)5-8)20-13-6-9(18)2-3-11(13)19-14(20)7-17/h1-6H,7H2. The summed E-state index contributed by atoms with van der Waals surface area (Å²) in [5, 5.41) is 0.674. The SMILES string of the molecule is ClCc1nc2ccc(Cl)cc2n1-c1ccc(Br)cc1Br. The van der Waals surface area contributed by atoms with Crippen LogP contribution in [0.15, 0.2) is 45.3 Å². The van der Waals surface area contributed by atoms with Crippen molar-refractivity contribution in [3.05, 3.63) is 56.2 Å². The number of benzene rings is 2. The topological polar surface area (TPSA) is 17.8 Å². The predicted molar refractivity (Wildman–Crippen MR) is 91.0 cm³/mol. The smallest absolute Gasteiger partial charge is 0.129 e. The Hall–Kier alpha value is -0.550. The molecule has 6 heteroatoms. The molecule has 0 unspecified atom stereocenters. The van der Waals surface area contributed by atoms with Crippen LogP contribution in [0.1, 0.15) is 5.82 Å². The molecular formula is C14H8Br2Cl2N2. The number of halogens is 4. The van der Waals surface area contributed by atoms with E-state index < -0.39 is 0 Å². The number of aromatic nitrogens is 2. The van der Waals surface area contributed by atoms with Crippen LogP contribution in [0.2, 0.25) is 5.02 Å². The number of alkyl halides is 1. The van der Waals surface area contributed by atoms with Gasteiger partial charge in [-0.25, -0.2) is 4.98 Å². The van der Waals surface area contributed by atoms with E-state index in [2.05, 4.69) is 36.8 Å². The van der Waals surface area contributed by atoms with E-state index in [0.717, 1.165) is 31.5 Å². The van der Waals surface area contributed by atoms with Crippen molar-refractivity contribution in [2.24, 2.45) is 0 Å². The Balaban J connectivity index is 2.36. The average Bonchev–Trinajstić information content (AvgIpc) is 2.76. The molecule has 0 saturated carbocycles. The fourth-order valence-electron chi connectivity index (χ4n) is 2.12. The van der Waals surface area contributed by atoms with Gasteiger partial charge in [-0.05, 0) is 52.3 Å². The molecule has 0 atom stereocenters. The summed E-state index contributed by atoms with van der Waals surface area (Å²) in [4.78, 5) is 4.55. The molecule has 0 spiro atoms. The fraction of sp³-hybridized carbons (Fsp3) is 0.0714. The second-order valence-electron chi connectivity index (χ2n) is 4.23. The lowest BCUT2D eigenvalue weighted by atomic mass is 10.3. The fourth-order valence-corrected chi connectivity index (χ4v) is 3.69. The van der Waals surface area contributed by atoms with Gasteiger partial charge in [0.1, 0.15) is 5.82 Å². The number of rotatable bonds is 2. The lowest BCUT2D eigenvalue weighted by Gasteiger charge is -2.10. The zero-order chi connectivity index (χ0) is 14.3. The van der Waals surface area contributed by atoms with Crippen molar-refractivity contribution < 1.29 is 0 Å². The summed E-state index contributed by atoms with van der Waals surface area (Å²) in [5.41, 5.74) is 2.80. The Morgan fingerprint density at radius 2 is 1.90 bits per heavy atom. The number of hydrogen-bond donors (Lipinski definition) is 0. The quantitative estimate of drug-likeness (QED) is 0.456. The highest BCUT2D eigenvalue weighted by Gasteiger charge is 2.14. The molecule has 3 rings (SSSR count). The number of nitrogens with zero attached hydrogens (tertiary/aromatic N) is 2. The van der Waals surface area contributed by atoms with Crippen LogP contribution in [0, 0.1) is 0 Å². The maximum Gasteiger partial charge on any atom is 0.129 e. The number of fused-ring (bicyclic) bond motifs is 1. The van der Waals surface area contributed by atoms with Crippen LogP contribution >= 0.6 is 55.1 Å². The summed E-state index contributed by atoms with van der Waals surface area (Å²) in [6.07, 6.45) is 0. The Kier molecular flexibility index (Phi) is 4.09. The van der Waals surface area contributed by atoms with Crippen molar-refractivity contribution in [3.63, 3.8) is 0 Å². The summed E-state index contributed by atoms with van der Waals surface area (Å²) >= 11 is 19.2. The highest BCUT2D eigenvalue weighted by atomic mass is 79.9. The first-order valence-electron chi connectivity index (χ1n) is 5.78. The van der Waals surface area contributed by atoms with E-state index in [9.17, 15) is 0 Å². The molecule has 0 amide bonds. The summed E-state index contributed by atoms with van der Waals surface area (Å²) in [7, 11) is 0. The lowest BCUT2D eigenvalue weighted by Crippen LogP contribution is -2.00. The summed E-state index contributed by atoms with van der Waals surface area (Å²) in [5.74, 6) is 1.11. The molecule has 0 aliphatic heterocycles. The molecule has 0 bridgehead atoms. The molecule has 2 nitrogen and oxygen atoms in total. The van der Waals surface area contributed by atoms with E-state index >= 15 is 0 Å². The summed E-state index contributed by atoms with van der Waals surface area (Å²) in [6.45, 7) is 0. The summed E-state index contributed by atoms with van der Waals surface area (Å²) in [6, 6.07) is 11.6. The van der Waals surface area contributed by atoms with E-state index in [4.69, 9.17) is 23.2 Å². The van der Waals surface area contributed by atoms with Crippen molar-refractivity contribution >= 4 is 66.1 Å². The number of imidazole rings is 1. The first kappa shape index (κ1) is 14.4. The van der Waals surface area contributed by atoms with Gasteiger partial charge in [-0.1, -0.05) is 27.5 Å². The first-order chi connectivity index (χ1) is 9.60. The Morgan fingerprint density at radius 1 is 1.10 bits per heavy atom. The van der Waals surface area contributed by atoms with Gasteiger partial charge in [-0.2, -0.15) is 0 Å². The van der Waals surface area contributed by atoms with Gasteiger partial charge in [0.15, 0.2) is 0 Å². The van der Waals surface area contributed by atoms with Crippen LogP contribution in [0.25, 0.3) is 16.7 Å². The van der Waals surface area contributed by atoms with Crippen LogP contribution in [-0.2, 0) is 5.88 Å². The van der Waals surface area contributed by atoms with Crippen LogP contribution in [0.4, 0.5) is 0 Å². The van der Waals surface area contributed by atoms with E-state index in [0.29, 0.717) is 10.9 Å². The van der Waals surface area contributed by atoms with Crippen LogP contribution in [0.3, 0.4) is 0 Å². The largest absolute Gasteiger partial charge is 0.294 e. The van der Waals surface area contributed by atoms with Gasteiger partial charge in [0, 0.05) is 14.0 Å². The lowest BCUT2D eigenvalue weighted by molar-refractivity contribution is 0.977. The first-order valence-corrected chi connectivity index (χ1v) is 8.28. The second kappa shape index (κ2) is 5.68. The number of hydrogen-bond acceptors (Lipinski definition) is 1. The molecule has 1 aromatic heterocycles. The maximum atomic E-state index is 6.10. The monoisotopic (exact) mass is 432 g/mol. The minimum atomic E-state index is 0.328. The average molecular weight is 435 g/mol. The van der Waals surface area contributed by atoms with Crippen LogP contribution in [0.5, 0.6) is 0 Å². The maximum absolute atomic E-state index is 6.10. The zero-order valence-corrected chi connectivity index (χ0v) is 14.8. The zero-order valence-electron chi connectivity index (χ0n) is 10.1. The van der Waals surface area contributed by atoms with Gasteiger partial charge in [-0.15, -0.1) is 11.6 Å². The van der Waals surface area contributed by atoms with Crippen molar-refractivity contribution in [3.8, 4) is 5.69 Å². The molecule has 20 heavy (non-hydrogen) atoms. The highest BCUT2D eigenvalue weighted by Crippen LogP contribution is 2.31. The molecule has 2 aromatic carbocycles. The van der Waals surface area contributed by atoms with Crippen LogP contribution in [-0.4, -0.2) is 9.55 Å². The molecule has 0 radical (unpaired) electrons. The normalized spacial score (nSPS) is 11.2. The van der Waals surface area contributed by atoms with Crippen LogP contribution < -0.4 is 0 Å². The Morgan fingerprint density at radius 3 is 2.60 bits per heavy atom. The van der Waals surface area contributed by atoms with Gasteiger partial charge in [-0.3, -0.25) is 4.57 Å². The van der Waals surface area contributed by atoms with Crippen molar-refractivity contribution in [1.82, 2.24) is 9.55 Å². The Bertz CT molecular complexity index is 799. The molecule has 1 heterocycles. The van der Waals surface area contributed by atoms with Gasteiger partial charge in [0.2, 0.25) is 0 Å². The molecule has 102 valence electrons. The third kappa shape index (κ3) is 2.50.